The van der Waals surface area contributed by atoms with E-state index in [1.807, 2.05) is 4.90 Å². The van der Waals surface area contributed by atoms with Gasteiger partial charge in [0.15, 0.2) is 11.3 Å². The molecule has 0 amide bonds. The molecule has 3 aromatic rings. The van der Waals surface area contributed by atoms with Crippen LogP contribution in [0.5, 0.6) is 0 Å². The highest BCUT2D eigenvalue weighted by molar-refractivity contribution is 5.94. The second-order valence-corrected chi connectivity index (χ2v) is 8.12. The van der Waals surface area contributed by atoms with Gasteiger partial charge in [-0.05, 0) is 49.2 Å². The highest BCUT2D eigenvalue weighted by atomic mass is 19.1. The predicted octanol–water partition coefficient (Wildman–Crippen LogP) is 3.81. The first-order chi connectivity index (χ1) is 15.5. The standard InChI is InChI=1S/C24H23FN2O5/c25-16-3-5-17(6-4-16)27-7-1-2-20(27)18-12-15(24(29)30)13-19-21(28)14-22(32-23(18)19)26-8-10-31-11-9-26/h3-6,12-14,20H,1-2,7-11H2,(H,29,30)/t20-/m1/s1. The molecule has 2 aromatic carbocycles. The van der Waals surface area contributed by atoms with Crippen molar-refractivity contribution < 1.29 is 23.4 Å². The molecule has 8 heteroatoms. The van der Waals surface area contributed by atoms with Crippen molar-refractivity contribution in [3.05, 3.63) is 69.6 Å². The van der Waals surface area contributed by atoms with Crippen LogP contribution in [0.2, 0.25) is 0 Å². The molecule has 2 aliphatic rings. The summed E-state index contributed by atoms with van der Waals surface area (Å²) in [4.78, 5) is 28.9. The van der Waals surface area contributed by atoms with E-state index in [-0.39, 0.29) is 28.2 Å². The van der Waals surface area contributed by atoms with Gasteiger partial charge in [0.1, 0.15) is 11.4 Å². The lowest BCUT2D eigenvalue weighted by atomic mass is 9.98. The minimum absolute atomic E-state index is 0.0462. The molecule has 0 spiro atoms. The molecule has 0 bridgehead atoms. The summed E-state index contributed by atoms with van der Waals surface area (Å²) in [5.74, 6) is -0.957. The Bertz CT molecular complexity index is 1220. The van der Waals surface area contributed by atoms with Crippen LogP contribution in [0, 0.1) is 5.82 Å². The van der Waals surface area contributed by atoms with Crippen molar-refractivity contribution >= 4 is 28.5 Å². The third-order valence-corrected chi connectivity index (χ3v) is 6.18. The van der Waals surface area contributed by atoms with Gasteiger partial charge in [-0.25, -0.2) is 9.18 Å². The highest BCUT2D eigenvalue weighted by Gasteiger charge is 2.30. The van der Waals surface area contributed by atoms with Crippen molar-refractivity contribution in [2.75, 3.05) is 42.6 Å². The Balaban J connectivity index is 1.67. The van der Waals surface area contributed by atoms with Gasteiger partial charge in [-0.3, -0.25) is 4.79 Å². The molecule has 0 unspecified atom stereocenters. The number of anilines is 2. The van der Waals surface area contributed by atoms with Gasteiger partial charge in [0.2, 0.25) is 0 Å². The fraction of sp³-hybridized carbons (Fsp3) is 0.333. The van der Waals surface area contributed by atoms with Crippen LogP contribution in [0.4, 0.5) is 16.0 Å². The van der Waals surface area contributed by atoms with Crippen molar-refractivity contribution in [3.8, 4) is 0 Å². The number of ether oxygens (including phenoxy) is 1. The van der Waals surface area contributed by atoms with Crippen molar-refractivity contribution in [2.45, 2.75) is 18.9 Å². The Hall–Kier alpha value is -3.39. The first-order valence-electron chi connectivity index (χ1n) is 10.7. The maximum absolute atomic E-state index is 13.5. The van der Waals surface area contributed by atoms with E-state index in [1.54, 1.807) is 18.2 Å². The van der Waals surface area contributed by atoms with Crippen LogP contribution in [0.1, 0.15) is 34.8 Å². The van der Waals surface area contributed by atoms with Gasteiger partial charge in [0.25, 0.3) is 0 Å². The summed E-state index contributed by atoms with van der Waals surface area (Å²) in [6.07, 6.45) is 1.65. The minimum Gasteiger partial charge on any atom is -0.478 e. The molecule has 1 N–H and O–H groups in total. The molecule has 3 heterocycles. The molecule has 1 aromatic heterocycles. The molecule has 1 atom stereocenters. The van der Waals surface area contributed by atoms with Crippen LogP contribution >= 0.6 is 0 Å². The lowest BCUT2D eigenvalue weighted by Crippen LogP contribution is -2.36. The molecular formula is C24H23FN2O5. The van der Waals surface area contributed by atoms with Gasteiger partial charge in [-0.2, -0.15) is 0 Å². The summed E-state index contributed by atoms with van der Waals surface area (Å²) < 4.78 is 25.1. The smallest absolute Gasteiger partial charge is 0.335 e. The van der Waals surface area contributed by atoms with E-state index in [0.717, 1.165) is 25.1 Å². The van der Waals surface area contributed by atoms with Crippen LogP contribution in [0.15, 0.2) is 51.7 Å². The van der Waals surface area contributed by atoms with Crippen LogP contribution in [0.3, 0.4) is 0 Å². The average molecular weight is 438 g/mol. The second-order valence-electron chi connectivity index (χ2n) is 8.12. The minimum atomic E-state index is -1.10. The fourth-order valence-corrected chi connectivity index (χ4v) is 4.61. The topological polar surface area (TPSA) is 83.2 Å². The fourth-order valence-electron chi connectivity index (χ4n) is 4.61. The Kier molecular flexibility index (Phi) is 5.30. The van der Waals surface area contributed by atoms with E-state index in [0.29, 0.717) is 43.3 Å². The zero-order chi connectivity index (χ0) is 22.2. The number of hydrogen-bond donors (Lipinski definition) is 1. The number of benzene rings is 2. The highest BCUT2D eigenvalue weighted by Crippen LogP contribution is 2.40. The van der Waals surface area contributed by atoms with Crippen LogP contribution in [0.25, 0.3) is 11.0 Å². The molecule has 5 rings (SSSR count). The van der Waals surface area contributed by atoms with Gasteiger partial charge in [-0.15, -0.1) is 0 Å². The largest absolute Gasteiger partial charge is 0.478 e. The zero-order valence-corrected chi connectivity index (χ0v) is 17.4. The first-order valence-corrected chi connectivity index (χ1v) is 10.7. The van der Waals surface area contributed by atoms with Gasteiger partial charge in [0.05, 0.1) is 30.2 Å². The molecule has 2 saturated heterocycles. The number of carbonyl (C=O) groups is 1. The molecule has 0 radical (unpaired) electrons. The SMILES string of the molecule is O=C(O)c1cc([C@H]2CCCN2c2ccc(F)cc2)c2oc(N3CCOCC3)cc(=O)c2c1. The third kappa shape index (κ3) is 3.71. The summed E-state index contributed by atoms with van der Waals surface area (Å²) in [5.41, 5.74) is 1.68. The number of fused-ring (bicyclic) bond motifs is 1. The molecule has 0 saturated carbocycles. The van der Waals surface area contributed by atoms with Crippen LogP contribution in [-0.2, 0) is 4.74 Å². The predicted molar refractivity (Wildman–Crippen MR) is 118 cm³/mol. The van der Waals surface area contributed by atoms with E-state index >= 15 is 0 Å². The van der Waals surface area contributed by atoms with Gasteiger partial charge in [-0.1, -0.05) is 0 Å². The Morgan fingerprint density at radius 1 is 1.06 bits per heavy atom. The molecule has 0 aliphatic carbocycles. The van der Waals surface area contributed by atoms with Gasteiger partial charge >= 0.3 is 5.97 Å². The normalized spacial score (nSPS) is 19.0. The molecule has 166 valence electrons. The van der Waals surface area contributed by atoms with Gasteiger partial charge < -0.3 is 24.1 Å². The Labute approximate surface area is 183 Å². The Morgan fingerprint density at radius 2 is 1.81 bits per heavy atom. The summed E-state index contributed by atoms with van der Waals surface area (Å²) in [5, 5.41) is 9.92. The second kappa shape index (κ2) is 8.27. The number of hydrogen-bond acceptors (Lipinski definition) is 6. The van der Waals surface area contributed by atoms with Crippen molar-refractivity contribution in [1.82, 2.24) is 0 Å². The van der Waals surface area contributed by atoms with E-state index in [4.69, 9.17) is 9.15 Å². The zero-order valence-electron chi connectivity index (χ0n) is 17.4. The third-order valence-electron chi connectivity index (χ3n) is 6.18. The Morgan fingerprint density at radius 3 is 2.53 bits per heavy atom. The number of halogens is 1. The van der Waals surface area contributed by atoms with E-state index in [2.05, 4.69) is 4.90 Å². The summed E-state index contributed by atoms with van der Waals surface area (Å²) in [6.45, 7) is 3.06. The number of rotatable bonds is 4. The van der Waals surface area contributed by atoms with Gasteiger partial charge in [0, 0.05) is 37.0 Å². The molecule has 7 nitrogen and oxygen atoms in total. The number of nitrogens with zero attached hydrogens (tertiary/aromatic N) is 2. The maximum atomic E-state index is 13.5. The number of aromatic carboxylic acids is 1. The van der Waals surface area contributed by atoms with Crippen LogP contribution < -0.4 is 15.2 Å². The first kappa shape index (κ1) is 20.5. The maximum Gasteiger partial charge on any atom is 0.335 e. The molecular weight excluding hydrogens is 415 g/mol. The lowest BCUT2D eigenvalue weighted by Gasteiger charge is -2.29. The molecule has 2 fully saturated rings. The lowest BCUT2D eigenvalue weighted by molar-refractivity contribution is 0.0697. The summed E-state index contributed by atoms with van der Waals surface area (Å²) >= 11 is 0. The number of carboxylic acid groups (broad SMARTS) is 1. The van der Waals surface area contributed by atoms with E-state index < -0.39 is 5.97 Å². The molecule has 2 aliphatic heterocycles. The van der Waals surface area contributed by atoms with Crippen molar-refractivity contribution in [1.29, 1.82) is 0 Å². The number of carboxylic acids is 1. The summed E-state index contributed by atoms with van der Waals surface area (Å²) in [6, 6.07) is 10.5. The molecule has 32 heavy (non-hydrogen) atoms. The average Bonchev–Trinajstić information content (AvgIpc) is 3.29. The summed E-state index contributed by atoms with van der Waals surface area (Å²) in [7, 11) is 0. The van der Waals surface area contributed by atoms with E-state index in [9.17, 15) is 19.1 Å². The monoisotopic (exact) mass is 438 g/mol. The van der Waals surface area contributed by atoms with E-state index in [1.165, 1.54) is 24.3 Å². The van der Waals surface area contributed by atoms with Crippen molar-refractivity contribution in [2.24, 2.45) is 0 Å². The quantitative estimate of drug-likeness (QED) is 0.663. The van der Waals surface area contributed by atoms with Crippen molar-refractivity contribution in [3.63, 3.8) is 0 Å². The number of morpholine rings is 1. The van der Waals surface area contributed by atoms with Crippen LogP contribution in [-0.4, -0.2) is 43.9 Å².